The van der Waals surface area contributed by atoms with Crippen LogP contribution in [0.15, 0.2) is 199 Å². The molecule has 0 bridgehead atoms. The highest BCUT2D eigenvalue weighted by atomic mass is 16.3. The minimum atomic E-state index is -0.457. The molecule has 2 nitrogen and oxygen atoms in total. The molecule has 1 aromatic heterocycles. The topological polar surface area (TPSA) is 16.4 Å². The summed E-state index contributed by atoms with van der Waals surface area (Å²) in [6.07, 6.45) is 0. The van der Waals surface area contributed by atoms with Crippen LogP contribution in [0, 0.1) is 6.92 Å². The lowest BCUT2D eigenvalue weighted by Crippen LogP contribution is -2.26. The van der Waals surface area contributed by atoms with Crippen molar-refractivity contribution in [3.8, 4) is 33.4 Å². The van der Waals surface area contributed by atoms with Crippen molar-refractivity contribution in [3.63, 3.8) is 0 Å². The van der Waals surface area contributed by atoms with Gasteiger partial charge in [0.05, 0.1) is 16.8 Å². The van der Waals surface area contributed by atoms with Crippen LogP contribution in [0.2, 0.25) is 0 Å². The molecule has 0 fully saturated rings. The second-order valence-electron chi connectivity index (χ2n) is 15.2. The van der Waals surface area contributed by atoms with E-state index in [0.717, 1.165) is 55.7 Å². The van der Waals surface area contributed by atoms with Gasteiger partial charge in [-0.1, -0.05) is 164 Å². The minimum absolute atomic E-state index is 0.457. The average molecular weight is 714 g/mol. The molecular formula is C54H35NO. The van der Waals surface area contributed by atoms with E-state index < -0.39 is 5.41 Å². The maximum absolute atomic E-state index is 7.08. The Bertz CT molecular complexity index is 3160. The maximum Gasteiger partial charge on any atom is 0.159 e. The first-order valence-electron chi connectivity index (χ1n) is 19.4. The van der Waals surface area contributed by atoms with Gasteiger partial charge in [0, 0.05) is 22.0 Å². The SMILES string of the molecule is Cc1cc2ccccc2c2c1oc1c(N(c3ccc4c(c3)C3(c5ccccc5-c5ccccc53)c3ccccc3-4)c3ccccc3-c3ccccc3)cccc12. The van der Waals surface area contributed by atoms with Gasteiger partial charge in [-0.3, -0.25) is 0 Å². The number of rotatable bonds is 4. The summed E-state index contributed by atoms with van der Waals surface area (Å²) in [5.74, 6) is 0. The van der Waals surface area contributed by atoms with Gasteiger partial charge in [-0.2, -0.15) is 0 Å². The quantitative estimate of drug-likeness (QED) is 0.181. The molecule has 2 aliphatic carbocycles. The summed E-state index contributed by atoms with van der Waals surface area (Å²) >= 11 is 0. The Balaban J connectivity index is 1.19. The van der Waals surface area contributed by atoms with Crippen LogP contribution >= 0.6 is 0 Å². The number of furan rings is 1. The van der Waals surface area contributed by atoms with Crippen molar-refractivity contribution in [2.45, 2.75) is 12.3 Å². The molecule has 1 spiro atoms. The Kier molecular flexibility index (Phi) is 6.50. The first kappa shape index (κ1) is 31.2. The Morgan fingerprint density at radius 3 is 1.68 bits per heavy atom. The van der Waals surface area contributed by atoms with Crippen molar-refractivity contribution in [2.24, 2.45) is 0 Å². The fraction of sp³-hybridized carbons (Fsp3) is 0.0370. The molecule has 0 N–H and O–H groups in total. The predicted molar refractivity (Wildman–Crippen MR) is 232 cm³/mol. The van der Waals surface area contributed by atoms with Gasteiger partial charge in [-0.05, 0) is 104 Å². The first-order chi connectivity index (χ1) is 27.7. The summed E-state index contributed by atoms with van der Waals surface area (Å²) in [4.78, 5) is 2.44. The van der Waals surface area contributed by atoms with Crippen molar-refractivity contribution < 1.29 is 4.42 Å². The Morgan fingerprint density at radius 1 is 0.411 bits per heavy atom. The molecule has 0 saturated carbocycles. The number of anilines is 3. The Labute approximate surface area is 325 Å². The molecule has 0 unspecified atom stereocenters. The molecule has 0 aliphatic heterocycles. The molecule has 0 saturated heterocycles. The molecule has 0 atom stereocenters. The third kappa shape index (κ3) is 4.11. The van der Waals surface area contributed by atoms with Gasteiger partial charge in [0.25, 0.3) is 0 Å². The van der Waals surface area contributed by atoms with Crippen molar-refractivity contribution in [2.75, 3.05) is 4.90 Å². The van der Waals surface area contributed by atoms with Crippen molar-refractivity contribution in [1.29, 1.82) is 0 Å². The monoisotopic (exact) mass is 713 g/mol. The van der Waals surface area contributed by atoms with Gasteiger partial charge in [0.2, 0.25) is 0 Å². The third-order valence-electron chi connectivity index (χ3n) is 12.4. The summed E-state index contributed by atoms with van der Waals surface area (Å²) in [7, 11) is 0. The fourth-order valence-corrected chi connectivity index (χ4v) is 10.1. The van der Waals surface area contributed by atoms with Crippen LogP contribution < -0.4 is 4.90 Å². The standard InChI is InChI=1S/C54H35NO/c1-34-32-36-18-5-6-20-39(36)51-44-24-15-29-50(53(44)56-52(34)51)55(49-28-14-10-19-38(49)35-16-3-2-4-17-35)37-30-31-43-42-23-9-13-27-47(42)54(48(43)33-37)45-25-11-7-21-40(45)41-22-8-12-26-46(41)54/h2-33H,1H3. The molecule has 0 amide bonds. The number of benzene rings is 9. The Morgan fingerprint density at radius 2 is 0.964 bits per heavy atom. The van der Waals surface area contributed by atoms with Crippen LogP contribution in [0.1, 0.15) is 27.8 Å². The lowest BCUT2D eigenvalue weighted by atomic mass is 9.70. The summed E-state index contributed by atoms with van der Waals surface area (Å²) < 4.78 is 7.08. The fourth-order valence-electron chi connectivity index (χ4n) is 10.1. The number of hydrogen-bond donors (Lipinski definition) is 0. The number of fused-ring (bicyclic) bond motifs is 15. The summed E-state index contributed by atoms with van der Waals surface area (Å²) in [5, 5.41) is 4.70. The highest BCUT2D eigenvalue weighted by Gasteiger charge is 2.51. The van der Waals surface area contributed by atoms with E-state index in [0.29, 0.717) is 0 Å². The van der Waals surface area contributed by atoms with Gasteiger partial charge in [0.1, 0.15) is 5.58 Å². The first-order valence-corrected chi connectivity index (χ1v) is 19.4. The summed E-state index contributed by atoms with van der Waals surface area (Å²) in [6, 6.07) is 71.3. The van der Waals surface area contributed by atoms with Gasteiger partial charge in [-0.25, -0.2) is 0 Å². The van der Waals surface area contributed by atoms with Crippen LogP contribution in [-0.2, 0) is 5.41 Å². The van der Waals surface area contributed by atoms with Crippen molar-refractivity contribution in [1.82, 2.24) is 0 Å². The van der Waals surface area contributed by atoms with E-state index >= 15 is 0 Å². The van der Waals surface area contributed by atoms with E-state index in [4.69, 9.17) is 4.42 Å². The largest absolute Gasteiger partial charge is 0.454 e. The lowest BCUT2D eigenvalue weighted by molar-refractivity contribution is 0.666. The second kappa shape index (κ2) is 11.7. The van der Waals surface area contributed by atoms with E-state index in [-0.39, 0.29) is 0 Å². The van der Waals surface area contributed by atoms with Crippen molar-refractivity contribution in [3.05, 3.63) is 222 Å². The molecule has 9 aromatic carbocycles. The van der Waals surface area contributed by atoms with Crippen LogP contribution in [0.3, 0.4) is 0 Å². The van der Waals surface area contributed by atoms with E-state index in [1.54, 1.807) is 0 Å². The smallest absolute Gasteiger partial charge is 0.159 e. The third-order valence-corrected chi connectivity index (χ3v) is 12.4. The second-order valence-corrected chi connectivity index (χ2v) is 15.2. The number of para-hydroxylation sites is 2. The molecule has 56 heavy (non-hydrogen) atoms. The van der Waals surface area contributed by atoms with Crippen LogP contribution in [0.4, 0.5) is 17.1 Å². The molecule has 10 aromatic rings. The highest BCUT2D eigenvalue weighted by Crippen LogP contribution is 2.63. The zero-order chi connectivity index (χ0) is 37.0. The highest BCUT2D eigenvalue weighted by molar-refractivity contribution is 6.22. The summed E-state index contributed by atoms with van der Waals surface area (Å²) in [5.41, 5.74) is 18.4. The van der Waals surface area contributed by atoms with E-state index in [2.05, 4.69) is 206 Å². The van der Waals surface area contributed by atoms with Gasteiger partial charge >= 0.3 is 0 Å². The molecule has 262 valence electrons. The van der Waals surface area contributed by atoms with Gasteiger partial charge < -0.3 is 9.32 Å². The van der Waals surface area contributed by atoms with Crippen LogP contribution in [-0.4, -0.2) is 0 Å². The van der Waals surface area contributed by atoms with Crippen molar-refractivity contribution >= 4 is 49.8 Å². The summed E-state index contributed by atoms with van der Waals surface area (Å²) in [6.45, 7) is 2.16. The lowest BCUT2D eigenvalue weighted by Gasteiger charge is -2.32. The van der Waals surface area contributed by atoms with E-state index in [1.807, 2.05) is 0 Å². The maximum atomic E-state index is 7.08. The van der Waals surface area contributed by atoms with Crippen LogP contribution in [0.5, 0.6) is 0 Å². The van der Waals surface area contributed by atoms with E-state index in [1.165, 1.54) is 55.3 Å². The Hall–Kier alpha value is -7.16. The van der Waals surface area contributed by atoms with E-state index in [9.17, 15) is 0 Å². The minimum Gasteiger partial charge on any atom is -0.454 e. The van der Waals surface area contributed by atoms with Gasteiger partial charge in [-0.15, -0.1) is 0 Å². The van der Waals surface area contributed by atoms with Gasteiger partial charge in [0.15, 0.2) is 5.58 Å². The average Bonchev–Trinajstić information content (AvgIpc) is 3.90. The molecule has 0 radical (unpaired) electrons. The molecule has 12 rings (SSSR count). The molecule has 2 aliphatic rings. The zero-order valence-electron chi connectivity index (χ0n) is 30.8. The number of aryl methyl sites for hydroxylation is 1. The predicted octanol–water partition coefficient (Wildman–Crippen LogP) is 14.5. The molecular weight excluding hydrogens is 679 g/mol. The molecule has 1 heterocycles. The van der Waals surface area contributed by atoms with Crippen LogP contribution in [0.25, 0.3) is 66.1 Å². The number of nitrogens with zero attached hydrogens (tertiary/aromatic N) is 1. The molecule has 2 heteroatoms. The zero-order valence-corrected chi connectivity index (χ0v) is 30.8. The number of hydrogen-bond acceptors (Lipinski definition) is 2. The normalized spacial score (nSPS) is 13.2.